The summed E-state index contributed by atoms with van der Waals surface area (Å²) in [5.41, 5.74) is 1.14. The number of ether oxygens (including phenoxy) is 1. The zero-order valence-electron chi connectivity index (χ0n) is 18.3. The van der Waals surface area contributed by atoms with Crippen LogP contribution in [0.4, 0.5) is 5.69 Å². The summed E-state index contributed by atoms with van der Waals surface area (Å²) >= 11 is 1.58. The number of hydrogen-bond acceptors (Lipinski definition) is 6. The van der Waals surface area contributed by atoms with Crippen molar-refractivity contribution in [3.63, 3.8) is 0 Å². The standard InChI is InChI=1S/C22H29N3O5S2/c1-16(17-8-7-9-18(14-17)25-32(3,28)29)23-22(27)20(12-13-31-2)24-21(26)15-30-19-10-5-4-6-11-19/h4-11,14,16,20,25H,12-13,15H2,1-3H3,(H,23,27)(H,24,26). The van der Waals surface area contributed by atoms with Gasteiger partial charge in [0.15, 0.2) is 6.61 Å². The predicted octanol–water partition coefficient (Wildman–Crippen LogP) is 2.55. The number of anilines is 1. The largest absolute Gasteiger partial charge is 0.484 e. The Balaban J connectivity index is 1.99. The molecule has 0 saturated carbocycles. The van der Waals surface area contributed by atoms with E-state index in [-0.39, 0.29) is 18.4 Å². The van der Waals surface area contributed by atoms with Crippen LogP contribution < -0.4 is 20.1 Å². The van der Waals surface area contributed by atoms with Crippen molar-refractivity contribution >= 4 is 39.3 Å². The number of rotatable bonds is 12. The number of carbonyl (C=O) groups excluding carboxylic acids is 2. The van der Waals surface area contributed by atoms with Crippen molar-refractivity contribution in [3.05, 3.63) is 60.2 Å². The van der Waals surface area contributed by atoms with Gasteiger partial charge in [-0.15, -0.1) is 0 Å². The van der Waals surface area contributed by atoms with Gasteiger partial charge in [0.2, 0.25) is 15.9 Å². The van der Waals surface area contributed by atoms with E-state index in [1.807, 2.05) is 24.5 Å². The van der Waals surface area contributed by atoms with Crippen LogP contribution in [0.25, 0.3) is 0 Å². The molecule has 0 radical (unpaired) electrons. The van der Waals surface area contributed by atoms with Crippen molar-refractivity contribution < 1.29 is 22.7 Å². The average molecular weight is 480 g/mol. The number of hydrogen-bond donors (Lipinski definition) is 3. The molecule has 10 heteroatoms. The van der Waals surface area contributed by atoms with E-state index >= 15 is 0 Å². The Morgan fingerprint density at radius 2 is 1.78 bits per heavy atom. The maximum atomic E-state index is 12.9. The molecular weight excluding hydrogens is 450 g/mol. The highest BCUT2D eigenvalue weighted by Gasteiger charge is 2.22. The molecule has 0 aliphatic heterocycles. The summed E-state index contributed by atoms with van der Waals surface area (Å²) in [6.45, 7) is 1.60. The SMILES string of the molecule is CSCCC(NC(=O)COc1ccccc1)C(=O)NC(C)c1cccc(NS(C)(=O)=O)c1. The Morgan fingerprint density at radius 3 is 2.44 bits per heavy atom. The smallest absolute Gasteiger partial charge is 0.258 e. The van der Waals surface area contributed by atoms with Crippen LogP contribution in [-0.4, -0.2) is 51.1 Å². The fraction of sp³-hybridized carbons (Fsp3) is 0.364. The minimum absolute atomic E-state index is 0.193. The number of benzene rings is 2. The van der Waals surface area contributed by atoms with Gasteiger partial charge in [0.25, 0.3) is 5.91 Å². The first-order valence-electron chi connectivity index (χ1n) is 10.0. The van der Waals surface area contributed by atoms with Gasteiger partial charge in [-0.2, -0.15) is 11.8 Å². The van der Waals surface area contributed by atoms with Crippen molar-refractivity contribution in [3.8, 4) is 5.75 Å². The van der Waals surface area contributed by atoms with E-state index in [0.29, 0.717) is 23.6 Å². The summed E-state index contributed by atoms with van der Waals surface area (Å²) in [4.78, 5) is 25.2. The molecular formula is C22H29N3O5S2. The molecule has 2 atom stereocenters. The Hall–Kier alpha value is -2.72. The minimum atomic E-state index is -3.40. The summed E-state index contributed by atoms with van der Waals surface area (Å²) in [6.07, 6.45) is 3.47. The highest BCUT2D eigenvalue weighted by atomic mass is 32.2. The molecule has 0 aliphatic carbocycles. The molecule has 0 spiro atoms. The lowest BCUT2D eigenvalue weighted by Gasteiger charge is -2.22. The third kappa shape index (κ3) is 9.19. The predicted molar refractivity (Wildman–Crippen MR) is 128 cm³/mol. The third-order valence-corrected chi connectivity index (χ3v) is 5.67. The van der Waals surface area contributed by atoms with E-state index < -0.39 is 22.1 Å². The molecule has 32 heavy (non-hydrogen) atoms. The van der Waals surface area contributed by atoms with Crippen LogP contribution in [0.1, 0.15) is 24.9 Å². The highest BCUT2D eigenvalue weighted by Crippen LogP contribution is 2.18. The van der Waals surface area contributed by atoms with Gasteiger partial charge in [0.1, 0.15) is 11.8 Å². The van der Waals surface area contributed by atoms with Gasteiger partial charge in [0.05, 0.1) is 12.3 Å². The van der Waals surface area contributed by atoms with Gasteiger partial charge in [-0.1, -0.05) is 30.3 Å². The number of amides is 2. The van der Waals surface area contributed by atoms with E-state index in [4.69, 9.17) is 4.74 Å². The number of para-hydroxylation sites is 1. The van der Waals surface area contributed by atoms with Crippen LogP contribution >= 0.6 is 11.8 Å². The fourth-order valence-electron chi connectivity index (χ4n) is 2.89. The molecule has 2 aromatic rings. The maximum Gasteiger partial charge on any atom is 0.258 e. The van der Waals surface area contributed by atoms with Gasteiger partial charge in [-0.05, 0) is 55.2 Å². The van der Waals surface area contributed by atoms with Gasteiger partial charge < -0.3 is 15.4 Å². The first-order chi connectivity index (χ1) is 15.2. The molecule has 0 aliphatic rings. The quantitative estimate of drug-likeness (QED) is 0.431. The van der Waals surface area contributed by atoms with Crippen LogP contribution in [0.3, 0.4) is 0 Å². The van der Waals surface area contributed by atoms with Crippen LogP contribution in [0.5, 0.6) is 5.75 Å². The van der Waals surface area contributed by atoms with Crippen LogP contribution in [0.15, 0.2) is 54.6 Å². The van der Waals surface area contributed by atoms with Crippen molar-refractivity contribution in [1.29, 1.82) is 0 Å². The maximum absolute atomic E-state index is 12.9. The molecule has 3 N–H and O–H groups in total. The van der Waals surface area contributed by atoms with Crippen molar-refractivity contribution in [2.75, 3.05) is 29.6 Å². The Morgan fingerprint density at radius 1 is 1.06 bits per heavy atom. The zero-order chi connectivity index (χ0) is 23.6. The molecule has 0 aromatic heterocycles. The fourth-order valence-corrected chi connectivity index (χ4v) is 3.92. The Bertz CT molecular complexity index is 1000. The van der Waals surface area contributed by atoms with Crippen LogP contribution in [-0.2, 0) is 19.6 Å². The first kappa shape index (κ1) is 25.5. The lowest BCUT2D eigenvalue weighted by Crippen LogP contribution is -2.48. The number of thioether (sulfide) groups is 1. The van der Waals surface area contributed by atoms with Gasteiger partial charge >= 0.3 is 0 Å². The average Bonchev–Trinajstić information content (AvgIpc) is 2.74. The second-order valence-corrected chi connectivity index (χ2v) is 9.97. The molecule has 2 rings (SSSR count). The van der Waals surface area contributed by atoms with Gasteiger partial charge in [0, 0.05) is 5.69 Å². The highest BCUT2D eigenvalue weighted by molar-refractivity contribution is 7.98. The van der Waals surface area contributed by atoms with Crippen molar-refractivity contribution in [1.82, 2.24) is 10.6 Å². The minimum Gasteiger partial charge on any atom is -0.484 e. The molecule has 0 bridgehead atoms. The van der Waals surface area contributed by atoms with Crippen molar-refractivity contribution in [2.24, 2.45) is 0 Å². The molecule has 0 fully saturated rings. The lowest BCUT2D eigenvalue weighted by molar-refractivity contribution is -0.130. The Labute approximate surface area is 193 Å². The topological polar surface area (TPSA) is 114 Å². The Kier molecular flexibility index (Phi) is 9.86. The third-order valence-electron chi connectivity index (χ3n) is 4.42. The van der Waals surface area contributed by atoms with E-state index in [1.54, 1.807) is 55.1 Å². The second kappa shape index (κ2) is 12.4. The molecule has 2 amide bonds. The molecule has 8 nitrogen and oxygen atoms in total. The molecule has 0 heterocycles. The molecule has 2 unspecified atom stereocenters. The van der Waals surface area contributed by atoms with Crippen molar-refractivity contribution in [2.45, 2.75) is 25.4 Å². The molecule has 2 aromatic carbocycles. The van der Waals surface area contributed by atoms with Crippen LogP contribution in [0.2, 0.25) is 0 Å². The zero-order valence-corrected chi connectivity index (χ0v) is 20.0. The molecule has 0 saturated heterocycles. The van der Waals surface area contributed by atoms with Gasteiger partial charge in [-0.25, -0.2) is 8.42 Å². The lowest BCUT2D eigenvalue weighted by atomic mass is 10.1. The van der Waals surface area contributed by atoms with E-state index in [1.165, 1.54) is 0 Å². The van der Waals surface area contributed by atoms with E-state index in [0.717, 1.165) is 11.8 Å². The van der Waals surface area contributed by atoms with Gasteiger partial charge in [-0.3, -0.25) is 14.3 Å². The summed E-state index contributed by atoms with van der Waals surface area (Å²) in [6, 6.07) is 14.7. The summed E-state index contributed by atoms with van der Waals surface area (Å²) in [5.74, 6) is 0.562. The summed E-state index contributed by atoms with van der Waals surface area (Å²) < 4.78 is 30.8. The van der Waals surface area contributed by atoms with E-state index in [9.17, 15) is 18.0 Å². The summed E-state index contributed by atoms with van der Waals surface area (Å²) in [7, 11) is -3.40. The molecule has 174 valence electrons. The first-order valence-corrected chi connectivity index (χ1v) is 13.3. The number of carbonyl (C=O) groups is 2. The summed E-state index contributed by atoms with van der Waals surface area (Å²) in [5, 5.41) is 5.63. The van der Waals surface area contributed by atoms with Crippen LogP contribution in [0, 0.1) is 0 Å². The second-order valence-electron chi connectivity index (χ2n) is 7.23. The van der Waals surface area contributed by atoms with E-state index in [2.05, 4.69) is 15.4 Å². The number of sulfonamides is 1. The normalized spacial score (nSPS) is 13.0. The monoisotopic (exact) mass is 479 g/mol. The number of nitrogens with one attached hydrogen (secondary N) is 3.